The van der Waals surface area contributed by atoms with Crippen molar-refractivity contribution in [2.45, 2.75) is 12.6 Å². The van der Waals surface area contributed by atoms with E-state index in [9.17, 15) is 18.0 Å². The fourth-order valence-electron chi connectivity index (χ4n) is 1.19. The van der Waals surface area contributed by atoms with Crippen molar-refractivity contribution in [2.24, 2.45) is 0 Å². The van der Waals surface area contributed by atoms with Crippen molar-refractivity contribution in [3.63, 3.8) is 0 Å². The Morgan fingerprint density at radius 3 is 2.59 bits per heavy atom. The summed E-state index contributed by atoms with van der Waals surface area (Å²) in [5.41, 5.74) is -1.02. The first-order valence-corrected chi connectivity index (χ1v) is 5.38. The second-order valence-electron chi connectivity index (χ2n) is 3.20. The van der Waals surface area contributed by atoms with Gasteiger partial charge in [-0.05, 0) is 12.1 Å². The van der Waals surface area contributed by atoms with Gasteiger partial charge in [0.1, 0.15) is 6.29 Å². The molecule has 0 saturated heterocycles. The van der Waals surface area contributed by atoms with Gasteiger partial charge in [0.25, 0.3) is 0 Å². The zero-order valence-corrected chi connectivity index (χ0v) is 9.61. The van der Waals surface area contributed by atoms with Crippen LogP contribution in [0.3, 0.4) is 0 Å². The van der Waals surface area contributed by atoms with Gasteiger partial charge in [0, 0.05) is 23.3 Å². The molecule has 0 aliphatic heterocycles. The van der Waals surface area contributed by atoms with E-state index in [1.807, 2.05) is 0 Å². The molecule has 90 valence electrons. The van der Waals surface area contributed by atoms with E-state index < -0.39 is 11.7 Å². The summed E-state index contributed by atoms with van der Waals surface area (Å²) in [6, 6.07) is 3.32. The molecule has 0 saturated carbocycles. The Morgan fingerprint density at radius 2 is 2.06 bits per heavy atom. The first-order chi connectivity index (χ1) is 7.99. The number of halogens is 3. The predicted octanol–water partition coefficient (Wildman–Crippen LogP) is 3.19. The average molecular weight is 258 g/mol. The summed E-state index contributed by atoms with van der Waals surface area (Å²) in [4.78, 5) is 10.4. The average Bonchev–Trinajstić information content (AvgIpc) is 2.28. The number of benzene rings is 1. The summed E-state index contributed by atoms with van der Waals surface area (Å²) in [5, 5.41) is 0. The van der Waals surface area contributed by atoms with Gasteiger partial charge in [0.15, 0.2) is 0 Å². The summed E-state index contributed by atoms with van der Waals surface area (Å²) in [6.45, 7) is 0. The monoisotopic (exact) mass is 258 g/mol. The van der Waals surface area contributed by atoms with E-state index in [2.05, 4.69) is 24.5 Å². The maximum Gasteiger partial charge on any atom is 0.417 e. The van der Waals surface area contributed by atoms with E-state index in [1.54, 1.807) is 0 Å². The smallest absolute Gasteiger partial charge is 0.298 e. The van der Waals surface area contributed by atoms with Gasteiger partial charge >= 0.3 is 6.18 Å². The Kier molecular flexibility index (Phi) is 4.64. The van der Waals surface area contributed by atoms with Crippen molar-refractivity contribution in [1.29, 1.82) is 0 Å². The Labute approximate surface area is 102 Å². The number of aldehydes is 1. The Balaban J connectivity index is 3.22. The van der Waals surface area contributed by atoms with Crippen molar-refractivity contribution in [1.82, 2.24) is 0 Å². The standard InChI is InChI=1S/C12H9F3OS/c13-12(14,15)11-7-9(8-16)4-5-10(11)3-1-2-6-17/h4-5,7-8,17H,2,6H2. The molecule has 1 aromatic carbocycles. The number of rotatable bonds is 2. The highest BCUT2D eigenvalue weighted by Gasteiger charge is 2.33. The third-order valence-electron chi connectivity index (χ3n) is 1.94. The Hall–Kier alpha value is -1.41. The van der Waals surface area contributed by atoms with Crippen LogP contribution in [0.2, 0.25) is 0 Å². The molecule has 0 atom stereocenters. The van der Waals surface area contributed by atoms with Gasteiger partial charge in [0.2, 0.25) is 0 Å². The van der Waals surface area contributed by atoms with Gasteiger partial charge in [-0.2, -0.15) is 25.8 Å². The van der Waals surface area contributed by atoms with E-state index in [4.69, 9.17) is 0 Å². The molecular weight excluding hydrogens is 249 g/mol. The SMILES string of the molecule is O=Cc1ccc(C#CCCS)c(C(F)(F)F)c1. The van der Waals surface area contributed by atoms with Crippen molar-refractivity contribution < 1.29 is 18.0 Å². The molecule has 0 bridgehead atoms. The molecule has 1 aromatic rings. The lowest BCUT2D eigenvalue weighted by Crippen LogP contribution is -2.08. The molecule has 0 spiro atoms. The van der Waals surface area contributed by atoms with E-state index in [0.29, 0.717) is 18.5 Å². The topological polar surface area (TPSA) is 17.1 Å². The summed E-state index contributed by atoms with van der Waals surface area (Å²) in [5.74, 6) is 5.51. The lowest BCUT2D eigenvalue weighted by molar-refractivity contribution is -0.137. The van der Waals surface area contributed by atoms with Crippen LogP contribution in [-0.4, -0.2) is 12.0 Å². The highest BCUT2D eigenvalue weighted by Crippen LogP contribution is 2.32. The first-order valence-electron chi connectivity index (χ1n) is 4.75. The van der Waals surface area contributed by atoms with Crippen LogP contribution < -0.4 is 0 Å². The van der Waals surface area contributed by atoms with Gasteiger partial charge in [-0.1, -0.05) is 17.9 Å². The molecule has 17 heavy (non-hydrogen) atoms. The van der Waals surface area contributed by atoms with E-state index in [1.165, 1.54) is 12.1 Å². The number of alkyl halides is 3. The van der Waals surface area contributed by atoms with Crippen LogP contribution in [0.25, 0.3) is 0 Å². The lowest BCUT2D eigenvalue weighted by Gasteiger charge is -2.09. The highest BCUT2D eigenvalue weighted by atomic mass is 32.1. The molecule has 1 rings (SSSR count). The van der Waals surface area contributed by atoms with E-state index in [0.717, 1.165) is 6.07 Å². The zero-order valence-electron chi connectivity index (χ0n) is 8.71. The van der Waals surface area contributed by atoms with Crippen LogP contribution in [0.4, 0.5) is 13.2 Å². The Morgan fingerprint density at radius 1 is 1.35 bits per heavy atom. The zero-order chi connectivity index (χ0) is 12.9. The van der Waals surface area contributed by atoms with Crippen LogP contribution in [-0.2, 0) is 6.18 Å². The van der Waals surface area contributed by atoms with Crippen molar-refractivity contribution >= 4 is 18.9 Å². The van der Waals surface area contributed by atoms with Crippen molar-refractivity contribution in [3.05, 3.63) is 34.9 Å². The molecule has 5 heteroatoms. The molecule has 0 heterocycles. The van der Waals surface area contributed by atoms with Gasteiger partial charge in [-0.25, -0.2) is 0 Å². The summed E-state index contributed by atoms with van der Waals surface area (Å²) < 4.78 is 38.0. The first kappa shape index (κ1) is 13.7. The fourth-order valence-corrected chi connectivity index (χ4v) is 1.30. The minimum Gasteiger partial charge on any atom is -0.298 e. The molecule has 0 unspecified atom stereocenters. The van der Waals surface area contributed by atoms with Crippen molar-refractivity contribution in [3.8, 4) is 11.8 Å². The Bertz CT molecular complexity index is 469. The minimum absolute atomic E-state index is 0.0166. The third-order valence-corrected chi connectivity index (χ3v) is 2.17. The molecule has 0 N–H and O–H groups in total. The second-order valence-corrected chi connectivity index (χ2v) is 3.64. The molecule has 0 fully saturated rings. The van der Waals surface area contributed by atoms with Gasteiger partial charge in [-0.15, -0.1) is 0 Å². The minimum atomic E-state index is -4.51. The normalized spacial score (nSPS) is 10.6. The molecule has 1 nitrogen and oxygen atoms in total. The number of hydrogen-bond donors (Lipinski definition) is 1. The fraction of sp³-hybridized carbons (Fsp3) is 0.250. The highest BCUT2D eigenvalue weighted by molar-refractivity contribution is 7.80. The quantitative estimate of drug-likeness (QED) is 0.490. The van der Waals surface area contributed by atoms with E-state index >= 15 is 0 Å². The number of carbonyl (C=O) groups is 1. The number of carbonyl (C=O) groups excluding carboxylic acids is 1. The maximum absolute atomic E-state index is 12.7. The van der Waals surface area contributed by atoms with Crippen LogP contribution in [0.5, 0.6) is 0 Å². The van der Waals surface area contributed by atoms with Gasteiger partial charge in [0.05, 0.1) is 5.56 Å². The molecule has 0 aliphatic rings. The largest absolute Gasteiger partial charge is 0.417 e. The van der Waals surface area contributed by atoms with E-state index in [-0.39, 0.29) is 11.1 Å². The summed E-state index contributed by atoms with van der Waals surface area (Å²) >= 11 is 3.91. The molecule has 0 radical (unpaired) electrons. The van der Waals surface area contributed by atoms with Crippen LogP contribution in [0, 0.1) is 11.8 Å². The molecule has 0 amide bonds. The van der Waals surface area contributed by atoms with Gasteiger partial charge in [-0.3, -0.25) is 4.79 Å². The lowest BCUT2D eigenvalue weighted by atomic mass is 10.0. The molecular formula is C12H9F3OS. The predicted molar refractivity (Wildman–Crippen MR) is 62.2 cm³/mol. The maximum atomic E-state index is 12.7. The summed E-state index contributed by atoms with van der Waals surface area (Å²) in [6.07, 6.45) is -3.72. The van der Waals surface area contributed by atoms with Crippen LogP contribution in [0.15, 0.2) is 18.2 Å². The van der Waals surface area contributed by atoms with Crippen molar-refractivity contribution in [2.75, 3.05) is 5.75 Å². The summed E-state index contributed by atoms with van der Waals surface area (Å²) in [7, 11) is 0. The molecule has 0 aliphatic carbocycles. The second kappa shape index (κ2) is 5.78. The molecule has 0 aromatic heterocycles. The number of hydrogen-bond acceptors (Lipinski definition) is 2. The van der Waals surface area contributed by atoms with Crippen LogP contribution in [0.1, 0.15) is 27.9 Å². The third kappa shape index (κ3) is 3.82. The number of thiol groups is 1. The van der Waals surface area contributed by atoms with Gasteiger partial charge < -0.3 is 0 Å². The van der Waals surface area contributed by atoms with Crippen LogP contribution >= 0.6 is 12.6 Å².